The van der Waals surface area contributed by atoms with E-state index in [1.807, 2.05) is 0 Å². The molecule has 0 bridgehead atoms. The van der Waals surface area contributed by atoms with E-state index in [-0.39, 0.29) is 12.5 Å². The van der Waals surface area contributed by atoms with E-state index in [1.165, 1.54) is 0 Å². The molecule has 1 N–H and O–H groups in total. The molecule has 3 nitrogen and oxygen atoms in total. The lowest BCUT2D eigenvalue weighted by Crippen LogP contribution is -2.20. The summed E-state index contributed by atoms with van der Waals surface area (Å²) >= 11 is 11.6. The smallest absolute Gasteiger partial charge is 0.262 e. The van der Waals surface area contributed by atoms with Crippen LogP contribution in [0.25, 0.3) is 0 Å². The first-order valence-electron chi connectivity index (χ1n) is 5.57. The summed E-state index contributed by atoms with van der Waals surface area (Å²) in [5, 5.41) is 3.88. The molecule has 0 aromatic heterocycles. The molecule has 0 aliphatic rings. The van der Waals surface area contributed by atoms with Gasteiger partial charge in [0.1, 0.15) is 5.75 Å². The Morgan fingerprint density at radius 3 is 2.47 bits per heavy atom. The average molecular weight is 296 g/mol. The summed E-state index contributed by atoms with van der Waals surface area (Å²) in [6.07, 6.45) is 0. The third-order valence-corrected chi connectivity index (χ3v) is 2.78. The Morgan fingerprint density at radius 2 is 1.79 bits per heavy atom. The fraction of sp³-hybridized carbons (Fsp3) is 0.0714. The van der Waals surface area contributed by atoms with Crippen LogP contribution >= 0.6 is 23.2 Å². The zero-order valence-corrected chi connectivity index (χ0v) is 11.4. The molecule has 0 atom stereocenters. The lowest BCUT2D eigenvalue weighted by Gasteiger charge is -2.07. The van der Waals surface area contributed by atoms with Gasteiger partial charge in [0, 0.05) is 15.7 Å². The number of halogens is 2. The molecule has 0 aliphatic carbocycles. The number of carbonyl (C=O) groups excluding carboxylic acids is 1. The van der Waals surface area contributed by atoms with Gasteiger partial charge in [0.25, 0.3) is 5.91 Å². The zero-order valence-electron chi connectivity index (χ0n) is 9.90. The van der Waals surface area contributed by atoms with E-state index < -0.39 is 0 Å². The quantitative estimate of drug-likeness (QED) is 0.925. The molecule has 0 unspecified atom stereocenters. The lowest BCUT2D eigenvalue weighted by molar-refractivity contribution is -0.118. The number of hydrogen-bond donors (Lipinski definition) is 1. The second-order valence-corrected chi connectivity index (χ2v) is 4.67. The van der Waals surface area contributed by atoms with Crippen LogP contribution in [-0.2, 0) is 4.79 Å². The molecule has 98 valence electrons. The molecule has 5 heteroatoms. The summed E-state index contributed by atoms with van der Waals surface area (Å²) in [6, 6.07) is 13.7. The van der Waals surface area contributed by atoms with Gasteiger partial charge in [0.15, 0.2) is 6.61 Å². The number of rotatable bonds is 4. The highest BCUT2D eigenvalue weighted by Gasteiger charge is 2.04. The highest BCUT2D eigenvalue weighted by molar-refractivity contribution is 6.31. The van der Waals surface area contributed by atoms with Gasteiger partial charge in [-0.25, -0.2) is 0 Å². The summed E-state index contributed by atoms with van der Waals surface area (Å²) in [6.45, 7) is -0.0804. The summed E-state index contributed by atoms with van der Waals surface area (Å²) in [4.78, 5) is 11.7. The SMILES string of the molecule is O=C(COc1cccc(Cl)c1)Nc1ccc(Cl)cc1. The van der Waals surface area contributed by atoms with Crippen molar-refractivity contribution in [3.05, 3.63) is 58.6 Å². The third-order valence-electron chi connectivity index (χ3n) is 2.29. The lowest BCUT2D eigenvalue weighted by atomic mass is 10.3. The summed E-state index contributed by atoms with van der Waals surface area (Å²) in [5.41, 5.74) is 0.670. The Kier molecular flexibility index (Phi) is 4.66. The standard InChI is InChI=1S/C14H11Cl2NO2/c15-10-4-6-12(7-5-10)17-14(18)9-19-13-3-1-2-11(16)8-13/h1-8H,9H2,(H,17,18). The number of nitrogens with one attached hydrogen (secondary N) is 1. The van der Waals surface area contributed by atoms with Gasteiger partial charge in [0.05, 0.1) is 0 Å². The Hall–Kier alpha value is -1.71. The molecule has 0 aliphatic heterocycles. The van der Waals surface area contributed by atoms with Gasteiger partial charge in [-0.3, -0.25) is 4.79 Å². The zero-order chi connectivity index (χ0) is 13.7. The van der Waals surface area contributed by atoms with Crippen molar-refractivity contribution in [2.45, 2.75) is 0 Å². The second-order valence-electron chi connectivity index (χ2n) is 3.80. The summed E-state index contributed by atoms with van der Waals surface area (Å²) in [7, 11) is 0. The maximum Gasteiger partial charge on any atom is 0.262 e. The minimum absolute atomic E-state index is 0.0804. The van der Waals surface area contributed by atoms with Crippen LogP contribution in [0.3, 0.4) is 0 Å². The van der Waals surface area contributed by atoms with Crippen molar-refractivity contribution in [3.8, 4) is 5.75 Å². The van der Waals surface area contributed by atoms with Crippen LogP contribution in [0.4, 0.5) is 5.69 Å². The average Bonchev–Trinajstić information content (AvgIpc) is 2.39. The van der Waals surface area contributed by atoms with Crippen LogP contribution in [0.5, 0.6) is 5.75 Å². The topological polar surface area (TPSA) is 38.3 Å². The van der Waals surface area contributed by atoms with Crippen LogP contribution in [0.1, 0.15) is 0 Å². The summed E-state index contributed by atoms with van der Waals surface area (Å²) < 4.78 is 5.32. The molecule has 0 radical (unpaired) electrons. The van der Waals surface area contributed by atoms with Crippen molar-refractivity contribution in [2.24, 2.45) is 0 Å². The van der Waals surface area contributed by atoms with Crippen molar-refractivity contribution in [2.75, 3.05) is 11.9 Å². The van der Waals surface area contributed by atoms with E-state index >= 15 is 0 Å². The first-order chi connectivity index (χ1) is 9.13. The van der Waals surface area contributed by atoms with Gasteiger partial charge in [-0.05, 0) is 42.5 Å². The Labute approximate surface area is 121 Å². The third kappa shape index (κ3) is 4.47. The first kappa shape index (κ1) is 13.7. The fourth-order valence-electron chi connectivity index (χ4n) is 1.44. The molecule has 19 heavy (non-hydrogen) atoms. The maximum absolute atomic E-state index is 11.7. The fourth-order valence-corrected chi connectivity index (χ4v) is 1.74. The van der Waals surface area contributed by atoms with Crippen molar-refractivity contribution in [1.29, 1.82) is 0 Å². The van der Waals surface area contributed by atoms with E-state index in [2.05, 4.69) is 5.32 Å². The van der Waals surface area contributed by atoms with Gasteiger partial charge in [-0.2, -0.15) is 0 Å². The van der Waals surface area contributed by atoms with E-state index in [0.29, 0.717) is 21.5 Å². The van der Waals surface area contributed by atoms with Gasteiger partial charge in [0.2, 0.25) is 0 Å². The van der Waals surface area contributed by atoms with Gasteiger partial charge >= 0.3 is 0 Å². The van der Waals surface area contributed by atoms with Crippen molar-refractivity contribution in [3.63, 3.8) is 0 Å². The predicted octanol–water partition coefficient (Wildman–Crippen LogP) is 4.01. The highest BCUT2D eigenvalue weighted by atomic mass is 35.5. The number of ether oxygens (including phenoxy) is 1. The molecule has 0 fully saturated rings. The molecule has 0 saturated carbocycles. The Bertz CT molecular complexity index is 570. The second kappa shape index (κ2) is 6.45. The summed E-state index contributed by atoms with van der Waals surface area (Å²) in [5.74, 6) is 0.307. The minimum Gasteiger partial charge on any atom is -0.484 e. The van der Waals surface area contributed by atoms with Crippen molar-refractivity contribution >= 4 is 34.8 Å². The maximum atomic E-state index is 11.7. The molecular formula is C14H11Cl2NO2. The molecule has 0 spiro atoms. The molecule has 0 saturated heterocycles. The van der Waals surface area contributed by atoms with Gasteiger partial charge < -0.3 is 10.1 Å². The number of hydrogen-bond acceptors (Lipinski definition) is 2. The van der Waals surface area contributed by atoms with Crippen molar-refractivity contribution < 1.29 is 9.53 Å². The Morgan fingerprint density at radius 1 is 1.05 bits per heavy atom. The minimum atomic E-state index is -0.248. The van der Waals surface area contributed by atoms with E-state index in [0.717, 1.165) is 0 Å². The Balaban J connectivity index is 1.86. The molecular weight excluding hydrogens is 285 g/mol. The van der Waals surface area contributed by atoms with Crippen LogP contribution in [0, 0.1) is 0 Å². The van der Waals surface area contributed by atoms with E-state index in [1.54, 1.807) is 48.5 Å². The van der Waals surface area contributed by atoms with Gasteiger partial charge in [-0.1, -0.05) is 29.3 Å². The van der Waals surface area contributed by atoms with E-state index in [9.17, 15) is 4.79 Å². The molecule has 2 aromatic carbocycles. The van der Waals surface area contributed by atoms with Crippen LogP contribution < -0.4 is 10.1 Å². The van der Waals surface area contributed by atoms with Crippen molar-refractivity contribution in [1.82, 2.24) is 0 Å². The number of carbonyl (C=O) groups is 1. The number of benzene rings is 2. The monoisotopic (exact) mass is 295 g/mol. The number of anilines is 1. The predicted molar refractivity (Wildman–Crippen MR) is 77.0 cm³/mol. The molecule has 1 amide bonds. The molecule has 2 aromatic rings. The number of amides is 1. The van der Waals surface area contributed by atoms with Gasteiger partial charge in [-0.15, -0.1) is 0 Å². The largest absolute Gasteiger partial charge is 0.484 e. The van der Waals surface area contributed by atoms with Crippen LogP contribution in [0.15, 0.2) is 48.5 Å². The highest BCUT2D eigenvalue weighted by Crippen LogP contribution is 2.17. The first-order valence-corrected chi connectivity index (χ1v) is 6.33. The molecule has 2 rings (SSSR count). The van der Waals surface area contributed by atoms with Crippen LogP contribution in [0.2, 0.25) is 10.0 Å². The van der Waals surface area contributed by atoms with E-state index in [4.69, 9.17) is 27.9 Å². The molecule has 0 heterocycles. The normalized spacial score (nSPS) is 10.0. The van der Waals surface area contributed by atoms with Crippen LogP contribution in [-0.4, -0.2) is 12.5 Å².